The van der Waals surface area contributed by atoms with Gasteiger partial charge in [-0.15, -0.1) is 0 Å². The summed E-state index contributed by atoms with van der Waals surface area (Å²) < 4.78 is 22.6. The van der Waals surface area contributed by atoms with Gasteiger partial charge in [0.25, 0.3) is 0 Å². The van der Waals surface area contributed by atoms with Crippen molar-refractivity contribution in [2.75, 3.05) is 34.5 Å². The maximum absolute atomic E-state index is 11.5. The Balaban J connectivity index is 1.74. The molecule has 1 aromatic carbocycles. The van der Waals surface area contributed by atoms with Gasteiger partial charge in [-0.2, -0.15) is 0 Å². The average Bonchev–Trinajstić information content (AvgIpc) is 3.15. The van der Waals surface area contributed by atoms with Crippen LogP contribution in [0, 0.1) is 17.8 Å². The molecule has 6 heteroatoms. The van der Waals surface area contributed by atoms with Crippen LogP contribution in [0.2, 0.25) is 0 Å². The van der Waals surface area contributed by atoms with Crippen molar-refractivity contribution in [1.29, 1.82) is 0 Å². The topological polar surface area (TPSA) is 74.2 Å². The summed E-state index contributed by atoms with van der Waals surface area (Å²) in [6.45, 7) is 2.20. The van der Waals surface area contributed by atoms with E-state index in [1.54, 1.807) is 28.3 Å². The van der Waals surface area contributed by atoms with Gasteiger partial charge in [-0.25, -0.2) is 0 Å². The molecule has 3 rings (SSSR count). The smallest absolute Gasteiger partial charge is 0.198 e. The second-order valence-corrected chi connectivity index (χ2v) is 7.63. The first-order valence-electron chi connectivity index (χ1n) is 9.92. The summed E-state index contributed by atoms with van der Waals surface area (Å²) in [5.41, 5.74) is 1.85. The fourth-order valence-corrected chi connectivity index (χ4v) is 4.37. The SMILES string of the molecule is COC1=CC([C@H]2OC[C@H](Cc3ccc(C(C)=O)cc3)[C@@H]2CO)CC(OC)=C1OC. The Kier molecular flexibility index (Phi) is 6.98. The fraction of sp³-hybridized carbons (Fsp3) is 0.522. The van der Waals surface area contributed by atoms with Crippen molar-refractivity contribution in [2.24, 2.45) is 17.8 Å². The highest BCUT2D eigenvalue weighted by Crippen LogP contribution is 2.40. The van der Waals surface area contributed by atoms with Crippen LogP contribution in [0.1, 0.15) is 29.3 Å². The molecule has 0 aromatic heterocycles. The fourth-order valence-electron chi connectivity index (χ4n) is 4.37. The van der Waals surface area contributed by atoms with E-state index in [0.29, 0.717) is 30.1 Å². The number of aliphatic hydroxyl groups excluding tert-OH is 1. The lowest BCUT2D eigenvalue weighted by molar-refractivity contribution is 0.0320. The number of benzene rings is 1. The molecular weight excluding hydrogens is 372 g/mol. The Bertz CT molecular complexity index is 779. The monoisotopic (exact) mass is 402 g/mol. The lowest BCUT2D eigenvalue weighted by Gasteiger charge is -2.30. The molecule has 0 radical (unpaired) electrons. The molecule has 2 aliphatic rings. The molecule has 1 unspecified atom stereocenters. The van der Waals surface area contributed by atoms with Crippen LogP contribution in [-0.4, -0.2) is 51.5 Å². The first kappa shape index (κ1) is 21.4. The highest BCUT2D eigenvalue weighted by molar-refractivity contribution is 5.94. The predicted molar refractivity (Wildman–Crippen MR) is 108 cm³/mol. The summed E-state index contributed by atoms with van der Waals surface area (Å²) in [4.78, 5) is 11.5. The highest BCUT2D eigenvalue weighted by atomic mass is 16.5. The Morgan fingerprint density at radius 1 is 1.14 bits per heavy atom. The maximum atomic E-state index is 11.5. The molecule has 4 atom stereocenters. The minimum absolute atomic E-state index is 0.00374. The number of ketones is 1. The van der Waals surface area contributed by atoms with Crippen molar-refractivity contribution < 1.29 is 28.8 Å². The van der Waals surface area contributed by atoms with E-state index in [0.717, 1.165) is 17.7 Å². The minimum atomic E-state index is -0.129. The van der Waals surface area contributed by atoms with E-state index in [1.807, 2.05) is 30.3 Å². The Labute approximate surface area is 172 Å². The normalized spacial score (nSPS) is 26.9. The largest absolute Gasteiger partial charge is 0.497 e. The lowest BCUT2D eigenvalue weighted by Crippen LogP contribution is -2.33. The zero-order valence-electron chi connectivity index (χ0n) is 17.5. The van der Waals surface area contributed by atoms with Gasteiger partial charge in [0.15, 0.2) is 17.3 Å². The van der Waals surface area contributed by atoms with E-state index in [-0.39, 0.29) is 36.2 Å². The molecule has 1 aliphatic carbocycles. The molecule has 29 heavy (non-hydrogen) atoms. The number of methoxy groups -OCH3 is 3. The number of Topliss-reactive ketones (excluding diaryl/α,β-unsaturated/α-hetero) is 1. The van der Waals surface area contributed by atoms with Gasteiger partial charge < -0.3 is 24.1 Å². The van der Waals surface area contributed by atoms with Crippen molar-refractivity contribution in [3.63, 3.8) is 0 Å². The number of allylic oxidation sites excluding steroid dienone is 1. The maximum Gasteiger partial charge on any atom is 0.198 e. The van der Waals surface area contributed by atoms with Crippen molar-refractivity contribution in [2.45, 2.75) is 25.9 Å². The number of ether oxygens (including phenoxy) is 4. The Hall–Kier alpha value is -2.31. The zero-order valence-corrected chi connectivity index (χ0v) is 17.5. The molecule has 1 fully saturated rings. The second kappa shape index (κ2) is 9.46. The highest BCUT2D eigenvalue weighted by Gasteiger charge is 2.42. The van der Waals surface area contributed by atoms with Gasteiger partial charge in [0.2, 0.25) is 0 Å². The van der Waals surface area contributed by atoms with Crippen LogP contribution in [0.4, 0.5) is 0 Å². The molecule has 1 aliphatic heterocycles. The van der Waals surface area contributed by atoms with E-state index in [2.05, 4.69) is 0 Å². The quantitative estimate of drug-likeness (QED) is 0.674. The third kappa shape index (κ3) is 4.49. The number of carbonyl (C=O) groups is 1. The Morgan fingerprint density at radius 2 is 1.86 bits per heavy atom. The van der Waals surface area contributed by atoms with Crippen molar-refractivity contribution >= 4 is 5.78 Å². The number of hydrogen-bond acceptors (Lipinski definition) is 6. The van der Waals surface area contributed by atoms with Gasteiger partial charge in [-0.3, -0.25) is 4.79 Å². The molecule has 0 bridgehead atoms. The van der Waals surface area contributed by atoms with Crippen molar-refractivity contribution in [3.8, 4) is 0 Å². The second-order valence-electron chi connectivity index (χ2n) is 7.63. The van der Waals surface area contributed by atoms with E-state index in [1.165, 1.54) is 0 Å². The van der Waals surface area contributed by atoms with E-state index < -0.39 is 0 Å². The lowest BCUT2D eigenvalue weighted by atomic mass is 9.79. The van der Waals surface area contributed by atoms with Gasteiger partial charge in [0.1, 0.15) is 5.76 Å². The molecule has 0 saturated carbocycles. The molecule has 1 saturated heterocycles. The summed E-state index contributed by atoms with van der Waals surface area (Å²) >= 11 is 0. The zero-order chi connectivity index (χ0) is 21.0. The van der Waals surface area contributed by atoms with E-state index in [9.17, 15) is 9.90 Å². The molecule has 1 N–H and O–H groups in total. The minimum Gasteiger partial charge on any atom is -0.497 e. The third-order valence-electron chi connectivity index (χ3n) is 5.96. The molecule has 6 nitrogen and oxygen atoms in total. The van der Waals surface area contributed by atoms with Crippen LogP contribution in [-0.2, 0) is 25.4 Å². The molecule has 1 heterocycles. The summed E-state index contributed by atoms with van der Waals surface area (Å²) in [6, 6.07) is 7.68. The first-order valence-corrected chi connectivity index (χ1v) is 9.92. The summed E-state index contributed by atoms with van der Waals surface area (Å²) in [5, 5.41) is 10.1. The Morgan fingerprint density at radius 3 is 2.41 bits per heavy atom. The van der Waals surface area contributed by atoms with Gasteiger partial charge in [0, 0.05) is 30.4 Å². The number of aliphatic hydroxyl groups is 1. The van der Waals surface area contributed by atoms with Crippen LogP contribution in [0.25, 0.3) is 0 Å². The van der Waals surface area contributed by atoms with Crippen LogP contribution in [0.5, 0.6) is 0 Å². The van der Waals surface area contributed by atoms with Gasteiger partial charge in [-0.05, 0) is 30.9 Å². The van der Waals surface area contributed by atoms with Crippen LogP contribution < -0.4 is 0 Å². The van der Waals surface area contributed by atoms with Gasteiger partial charge in [-0.1, -0.05) is 24.3 Å². The molecule has 158 valence electrons. The number of carbonyl (C=O) groups excluding carboxylic acids is 1. The van der Waals surface area contributed by atoms with Crippen molar-refractivity contribution in [3.05, 3.63) is 58.7 Å². The summed E-state index contributed by atoms with van der Waals surface area (Å²) in [7, 11) is 4.82. The van der Waals surface area contributed by atoms with E-state index in [4.69, 9.17) is 18.9 Å². The standard InChI is InChI=1S/C23H30O6/c1-14(25)16-7-5-15(6-8-16)9-18-13-29-22(19(18)12-24)17-10-20(26-2)23(28-4)21(11-17)27-3/h5-8,10,17-19,22,24H,9,11-13H2,1-4H3/t17?,18-,19-,22+/m0/s1. The molecule has 1 aromatic rings. The van der Waals surface area contributed by atoms with Crippen LogP contribution >= 0.6 is 0 Å². The van der Waals surface area contributed by atoms with Crippen LogP contribution in [0.3, 0.4) is 0 Å². The molecular formula is C23H30O6. The van der Waals surface area contributed by atoms with Gasteiger partial charge in [0.05, 0.1) is 34.0 Å². The van der Waals surface area contributed by atoms with Crippen molar-refractivity contribution in [1.82, 2.24) is 0 Å². The molecule has 0 spiro atoms. The first-order chi connectivity index (χ1) is 14.0. The molecule has 0 amide bonds. The summed E-state index contributed by atoms with van der Waals surface area (Å²) in [5.74, 6) is 2.25. The summed E-state index contributed by atoms with van der Waals surface area (Å²) in [6.07, 6.45) is 3.31. The predicted octanol–water partition coefficient (Wildman–Crippen LogP) is 3.11. The van der Waals surface area contributed by atoms with Gasteiger partial charge >= 0.3 is 0 Å². The number of hydrogen-bond donors (Lipinski definition) is 1. The van der Waals surface area contributed by atoms with E-state index >= 15 is 0 Å². The van der Waals surface area contributed by atoms with Crippen LogP contribution in [0.15, 0.2) is 47.6 Å². The third-order valence-corrected chi connectivity index (χ3v) is 5.96. The average molecular weight is 402 g/mol. The number of rotatable bonds is 8.